The van der Waals surface area contributed by atoms with Crippen LogP contribution in [0.5, 0.6) is 5.75 Å². The molecular weight excluding hydrogens is 532 g/mol. The SMILES string of the molecule is N#Cc1cccc(C(=O)NCc2cccc(CNc3cc(-c4ccccc4O)nc4c(Br)cnn34)c2)c1. The molecule has 0 atom stereocenters. The summed E-state index contributed by atoms with van der Waals surface area (Å²) in [5, 5.41) is 30.1. The minimum atomic E-state index is -0.235. The Bertz CT molecular complexity index is 1660. The van der Waals surface area contributed by atoms with Gasteiger partial charge in [-0.2, -0.15) is 14.9 Å². The van der Waals surface area contributed by atoms with Crippen LogP contribution < -0.4 is 10.6 Å². The quantitative estimate of drug-likeness (QED) is 0.253. The average Bonchev–Trinajstić information content (AvgIpc) is 3.31. The summed E-state index contributed by atoms with van der Waals surface area (Å²) in [4.78, 5) is 17.2. The number of hydrogen-bond acceptors (Lipinski definition) is 6. The highest BCUT2D eigenvalue weighted by atomic mass is 79.9. The number of amides is 1. The first kappa shape index (κ1) is 24.0. The maximum Gasteiger partial charge on any atom is 0.251 e. The summed E-state index contributed by atoms with van der Waals surface area (Å²) in [7, 11) is 0. The number of anilines is 1. The van der Waals surface area contributed by atoms with Gasteiger partial charge in [-0.05, 0) is 57.4 Å². The fourth-order valence-electron chi connectivity index (χ4n) is 3.95. The molecule has 37 heavy (non-hydrogen) atoms. The monoisotopic (exact) mass is 552 g/mol. The van der Waals surface area contributed by atoms with E-state index in [-0.39, 0.29) is 11.7 Å². The normalized spacial score (nSPS) is 10.7. The van der Waals surface area contributed by atoms with E-state index in [4.69, 9.17) is 5.26 Å². The molecule has 0 saturated heterocycles. The van der Waals surface area contributed by atoms with Gasteiger partial charge in [0.2, 0.25) is 0 Å². The molecule has 0 spiro atoms. The highest BCUT2D eigenvalue weighted by Crippen LogP contribution is 2.31. The molecule has 0 fully saturated rings. The van der Waals surface area contributed by atoms with Crippen molar-refractivity contribution in [1.29, 1.82) is 5.26 Å². The Labute approximate surface area is 221 Å². The van der Waals surface area contributed by atoms with E-state index < -0.39 is 0 Å². The van der Waals surface area contributed by atoms with Crippen molar-refractivity contribution in [3.05, 3.63) is 112 Å². The van der Waals surface area contributed by atoms with Gasteiger partial charge in [0.1, 0.15) is 11.6 Å². The Morgan fingerprint density at radius 1 is 1.00 bits per heavy atom. The molecular formula is C28H21BrN6O2. The van der Waals surface area contributed by atoms with E-state index >= 15 is 0 Å². The molecule has 8 nitrogen and oxygen atoms in total. The number of rotatable bonds is 7. The van der Waals surface area contributed by atoms with Crippen molar-refractivity contribution in [2.24, 2.45) is 0 Å². The molecule has 0 aliphatic carbocycles. The van der Waals surface area contributed by atoms with Gasteiger partial charge in [0.15, 0.2) is 5.65 Å². The number of phenols is 1. The van der Waals surface area contributed by atoms with Gasteiger partial charge in [0.05, 0.1) is 28.0 Å². The van der Waals surface area contributed by atoms with E-state index in [0.717, 1.165) is 15.6 Å². The number of aromatic hydroxyl groups is 1. The highest BCUT2D eigenvalue weighted by Gasteiger charge is 2.14. The van der Waals surface area contributed by atoms with Crippen molar-refractivity contribution >= 4 is 33.3 Å². The first-order valence-electron chi connectivity index (χ1n) is 11.4. The number of carbonyl (C=O) groups excluding carboxylic acids is 1. The number of fused-ring (bicyclic) bond motifs is 1. The third kappa shape index (κ3) is 5.29. The van der Waals surface area contributed by atoms with Crippen molar-refractivity contribution in [2.45, 2.75) is 13.1 Å². The van der Waals surface area contributed by atoms with Crippen LogP contribution in [-0.4, -0.2) is 25.6 Å². The molecule has 0 radical (unpaired) electrons. The van der Waals surface area contributed by atoms with Crippen molar-refractivity contribution in [2.75, 3.05) is 5.32 Å². The summed E-state index contributed by atoms with van der Waals surface area (Å²) < 4.78 is 2.44. The second-order valence-electron chi connectivity index (χ2n) is 8.32. The van der Waals surface area contributed by atoms with E-state index in [9.17, 15) is 9.90 Å². The molecule has 0 bridgehead atoms. The molecule has 0 aliphatic rings. The molecule has 2 heterocycles. The molecule has 2 aromatic heterocycles. The fourth-order valence-corrected chi connectivity index (χ4v) is 4.29. The first-order valence-corrected chi connectivity index (χ1v) is 12.2. The van der Waals surface area contributed by atoms with Crippen LogP contribution in [0, 0.1) is 11.3 Å². The minimum Gasteiger partial charge on any atom is -0.507 e. The summed E-state index contributed by atoms with van der Waals surface area (Å²) >= 11 is 3.50. The summed E-state index contributed by atoms with van der Waals surface area (Å²) in [6.07, 6.45) is 1.68. The van der Waals surface area contributed by atoms with Gasteiger partial charge in [0.25, 0.3) is 5.91 Å². The number of halogens is 1. The second kappa shape index (κ2) is 10.5. The molecule has 5 aromatic rings. The Morgan fingerprint density at radius 2 is 1.78 bits per heavy atom. The summed E-state index contributed by atoms with van der Waals surface area (Å²) in [6, 6.07) is 25.5. The number of nitrogens with zero attached hydrogens (tertiary/aromatic N) is 4. The lowest BCUT2D eigenvalue weighted by molar-refractivity contribution is 0.0951. The number of nitrogens with one attached hydrogen (secondary N) is 2. The van der Waals surface area contributed by atoms with Crippen LogP contribution in [0.4, 0.5) is 5.82 Å². The van der Waals surface area contributed by atoms with Gasteiger partial charge in [-0.3, -0.25) is 4.79 Å². The Morgan fingerprint density at radius 3 is 2.59 bits per heavy atom. The molecule has 1 amide bonds. The van der Waals surface area contributed by atoms with Crippen molar-refractivity contribution < 1.29 is 9.90 Å². The van der Waals surface area contributed by atoms with Crippen LogP contribution in [0.25, 0.3) is 16.9 Å². The second-order valence-corrected chi connectivity index (χ2v) is 9.17. The third-order valence-corrected chi connectivity index (χ3v) is 6.34. The number of carbonyl (C=O) groups is 1. The van der Waals surface area contributed by atoms with E-state index in [1.807, 2.05) is 48.5 Å². The number of hydrogen-bond donors (Lipinski definition) is 3. The average molecular weight is 553 g/mol. The largest absolute Gasteiger partial charge is 0.507 e. The third-order valence-electron chi connectivity index (χ3n) is 5.78. The van der Waals surface area contributed by atoms with Gasteiger partial charge >= 0.3 is 0 Å². The molecule has 9 heteroatoms. The van der Waals surface area contributed by atoms with Crippen LogP contribution in [0.2, 0.25) is 0 Å². The number of nitriles is 1. The number of benzene rings is 3. The van der Waals surface area contributed by atoms with Crippen LogP contribution in [-0.2, 0) is 13.1 Å². The van der Waals surface area contributed by atoms with Crippen LogP contribution in [0.15, 0.2) is 89.5 Å². The maximum atomic E-state index is 12.5. The lowest BCUT2D eigenvalue weighted by Gasteiger charge is -2.12. The van der Waals surface area contributed by atoms with Crippen molar-refractivity contribution in [1.82, 2.24) is 19.9 Å². The van der Waals surface area contributed by atoms with Gasteiger partial charge in [0, 0.05) is 30.3 Å². The Kier molecular flexibility index (Phi) is 6.83. The van der Waals surface area contributed by atoms with E-state index in [2.05, 4.69) is 36.6 Å². The van der Waals surface area contributed by atoms with Crippen molar-refractivity contribution in [3.8, 4) is 23.1 Å². The van der Waals surface area contributed by atoms with Crippen LogP contribution in [0.3, 0.4) is 0 Å². The van der Waals surface area contributed by atoms with E-state index in [1.165, 1.54) is 0 Å². The van der Waals surface area contributed by atoms with Gasteiger partial charge in [-0.25, -0.2) is 4.98 Å². The molecule has 0 saturated carbocycles. The molecule has 3 N–H and O–H groups in total. The molecule has 0 aliphatic heterocycles. The zero-order valence-corrected chi connectivity index (χ0v) is 21.1. The van der Waals surface area contributed by atoms with Crippen LogP contribution in [0.1, 0.15) is 27.0 Å². The molecule has 0 unspecified atom stereocenters. The smallest absolute Gasteiger partial charge is 0.251 e. The number of para-hydroxylation sites is 1. The highest BCUT2D eigenvalue weighted by molar-refractivity contribution is 9.10. The van der Waals surface area contributed by atoms with Gasteiger partial charge in [-0.1, -0.05) is 42.5 Å². The first-order chi connectivity index (χ1) is 18.0. The van der Waals surface area contributed by atoms with Gasteiger partial charge in [-0.15, -0.1) is 0 Å². The summed E-state index contributed by atoms with van der Waals surface area (Å²) in [6.45, 7) is 0.856. The zero-order valence-electron chi connectivity index (χ0n) is 19.5. The Balaban J connectivity index is 1.32. The molecule has 3 aromatic carbocycles. The topological polar surface area (TPSA) is 115 Å². The zero-order chi connectivity index (χ0) is 25.8. The predicted molar refractivity (Wildman–Crippen MR) is 144 cm³/mol. The number of phenolic OH excluding ortho intramolecular Hbond substituents is 1. The van der Waals surface area contributed by atoms with Gasteiger partial charge < -0.3 is 15.7 Å². The standard InChI is InChI=1S/C28H21BrN6O2/c29-23-17-33-35-26(13-24(34-27(23)35)22-9-1-2-10-25(22)36)31-15-19-6-3-7-20(11-19)16-32-28(37)21-8-4-5-18(12-21)14-30/h1-13,17,31,36H,15-16H2,(H,32,37). The lowest BCUT2D eigenvalue weighted by Crippen LogP contribution is -2.22. The van der Waals surface area contributed by atoms with E-state index in [0.29, 0.717) is 46.9 Å². The van der Waals surface area contributed by atoms with E-state index in [1.54, 1.807) is 47.1 Å². The molecule has 182 valence electrons. The molecule has 5 rings (SSSR count). The minimum absolute atomic E-state index is 0.148. The fraction of sp³-hybridized carbons (Fsp3) is 0.0714. The summed E-state index contributed by atoms with van der Waals surface area (Å²) in [5.74, 6) is 0.626. The van der Waals surface area contributed by atoms with Crippen molar-refractivity contribution in [3.63, 3.8) is 0 Å². The maximum absolute atomic E-state index is 12.5. The predicted octanol–water partition coefficient (Wildman–Crippen LogP) is 5.28. The van der Waals surface area contributed by atoms with Crippen LogP contribution >= 0.6 is 15.9 Å². The number of aromatic nitrogens is 3. The lowest BCUT2D eigenvalue weighted by atomic mass is 10.1. The summed E-state index contributed by atoms with van der Waals surface area (Å²) in [5.41, 5.74) is 4.72. The Hall–Kier alpha value is -4.68.